The number of urea groups is 1. The zero-order valence-corrected chi connectivity index (χ0v) is 9.93. The molecule has 0 aliphatic heterocycles. The van der Waals surface area contributed by atoms with Gasteiger partial charge in [0.05, 0.1) is 5.92 Å². The number of aliphatic carboxylic acids is 1. The molecule has 1 rings (SSSR count). The zero-order valence-electron chi connectivity index (χ0n) is 9.93. The number of carboxylic acid groups (broad SMARTS) is 1. The number of amides is 2. The molecule has 98 valence electrons. The molecule has 0 heterocycles. The summed E-state index contributed by atoms with van der Waals surface area (Å²) in [6, 6.07) is 8.42. The fourth-order valence-corrected chi connectivity index (χ4v) is 1.55. The number of nitrogens with one attached hydrogen (secondary N) is 2. The van der Waals surface area contributed by atoms with E-state index in [9.17, 15) is 9.59 Å². The summed E-state index contributed by atoms with van der Waals surface area (Å²) in [7, 11) is 0. The molecule has 0 bridgehead atoms. The minimum atomic E-state index is -0.878. The van der Waals surface area contributed by atoms with E-state index in [-0.39, 0.29) is 0 Å². The van der Waals surface area contributed by atoms with Crippen molar-refractivity contribution in [3.05, 3.63) is 35.9 Å². The minimum Gasteiger partial charge on any atom is -0.481 e. The average molecular weight is 251 g/mol. The highest BCUT2D eigenvalue weighted by molar-refractivity contribution is 5.76. The van der Waals surface area contributed by atoms with Gasteiger partial charge in [-0.2, -0.15) is 0 Å². The SMILES string of the molecule is NC(=O)NCCNCC(C(=O)O)c1ccccc1. The Labute approximate surface area is 105 Å². The van der Waals surface area contributed by atoms with Crippen molar-refractivity contribution in [3.63, 3.8) is 0 Å². The van der Waals surface area contributed by atoms with Crippen molar-refractivity contribution in [3.8, 4) is 0 Å². The molecule has 6 nitrogen and oxygen atoms in total. The van der Waals surface area contributed by atoms with Crippen molar-refractivity contribution < 1.29 is 14.7 Å². The van der Waals surface area contributed by atoms with E-state index in [2.05, 4.69) is 10.6 Å². The number of carboxylic acids is 1. The Morgan fingerprint density at radius 3 is 2.44 bits per heavy atom. The summed E-state index contributed by atoms with van der Waals surface area (Å²) in [6.07, 6.45) is 0. The maximum Gasteiger partial charge on any atom is 0.312 e. The topological polar surface area (TPSA) is 104 Å². The van der Waals surface area contributed by atoms with Gasteiger partial charge in [0.25, 0.3) is 0 Å². The predicted molar refractivity (Wildman–Crippen MR) is 67.3 cm³/mol. The van der Waals surface area contributed by atoms with Gasteiger partial charge in [-0.05, 0) is 5.56 Å². The molecule has 18 heavy (non-hydrogen) atoms. The molecular formula is C12H17N3O3. The molecule has 6 heteroatoms. The Bertz CT molecular complexity index is 395. The Morgan fingerprint density at radius 1 is 1.22 bits per heavy atom. The van der Waals surface area contributed by atoms with Crippen molar-refractivity contribution in [2.24, 2.45) is 5.73 Å². The molecule has 1 atom stereocenters. The van der Waals surface area contributed by atoms with Crippen LogP contribution in [-0.4, -0.2) is 36.7 Å². The summed E-state index contributed by atoms with van der Waals surface area (Å²) in [6.45, 7) is 1.15. The van der Waals surface area contributed by atoms with E-state index in [1.807, 2.05) is 6.07 Å². The summed E-state index contributed by atoms with van der Waals surface area (Å²) in [4.78, 5) is 21.6. The van der Waals surface area contributed by atoms with Gasteiger partial charge in [-0.25, -0.2) is 4.79 Å². The van der Waals surface area contributed by atoms with E-state index in [0.717, 1.165) is 5.56 Å². The highest BCUT2D eigenvalue weighted by Crippen LogP contribution is 2.14. The second-order valence-corrected chi connectivity index (χ2v) is 3.80. The van der Waals surface area contributed by atoms with E-state index in [4.69, 9.17) is 10.8 Å². The molecule has 0 aromatic heterocycles. The number of carbonyl (C=O) groups excluding carboxylic acids is 1. The molecule has 0 radical (unpaired) electrons. The normalized spacial score (nSPS) is 11.8. The zero-order chi connectivity index (χ0) is 13.4. The summed E-state index contributed by atoms with van der Waals surface area (Å²) in [5.41, 5.74) is 5.65. The molecule has 2 amide bonds. The molecule has 0 saturated carbocycles. The molecule has 0 fully saturated rings. The third-order valence-electron chi connectivity index (χ3n) is 2.45. The van der Waals surface area contributed by atoms with E-state index >= 15 is 0 Å². The van der Waals surface area contributed by atoms with Crippen LogP contribution in [0.15, 0.2) is 30.3 Å². The van der Waals surface area contributed by atoms with Crippen LogP contribution in [-0.2, 0) is 4.79 Å². The lowest BCUT2D eigenvalue weighted by molar-refractivity contribution is -0.138. The van der Waals surface area contributed by atoms with Crippen molar-refractivity contribution in [2.45, 2.75) is 5.92 Å². The van der Waals surface area contributed by atoms with E-state index in [0.29, 0.717) is 19.6 Å². The van der Waals surface area contributed by atoms with Gasteiger partial charge in [0.2, 0.25) is 0 Å². The Morgan fingerprint density at radius 2 is 1.89 bits per heavy atom. The molecule has 1 aromatic rings. The fourth-order valence-electron chi connectivity index (χ4n) is 1.55. The lowest BCUT2D eigenvalue weighted by atomic mass is 9.99. The van der Waals surface area contributed by atoms with Gasteiger partial charge in [0, 0.05) is 19.6 Å². The number of hydrogen-bond donors (Lipinski definition) is 4. The number of carbonyl (C=O) groups is 2. The van der Waals surface area contributed by atoms with Gasteiger partial charge in [0.15, 0.2) is 0 Å². The van der Waals surface area contributed by atoms with Gasteiger partial charge in [-0.15, -0.1) is 0 Å². The molecule has 0 aliphatic carbocycles. The Hall–Kier alpha value is -2.08. The first-order valence-electron chi connectivity index (χ1n) is 5.63. The molecule has 1 aromatic carbocycles. The van der Waals surface area contributed by atoms with Crippen LogP contribution in [0.1, 0.15) is 11.5 Å². The maximum atomic E-state index is 11.1. The minimum absolute atomic E-state index is 0.305. The van der Waals surface area contributed by atoms with Crippen LogP contribution < -0.4 is 16.4 Å². The van der Waals surface area contributed by atoms with Crippen LogP contribution in [0.3, 0.4) is 0 Å². The number of primary amides is 1. The van der Waals surface area contributed by atoms with Crippen molar-refractivity contribution >= 4 is 12.0 Å². The molecule has 5 N–H and O–H groups in total. The second-order valence-electron chi connectivity index (χ2n) is 3.80. The van der Waals surface area contributed by atoms with Crippen molar-refractivity contribution in [1.29, 1.82) is 0 Å². The van der Waals surface area contributed by atoms with Crippen LogP contribution in [0, 0.1) is 0 Å². The van der Waals surface area contributed by atoms with Crippen LogP contribution in [0.2, 0.25) is 0 Å². The lowest BCUT2D eigenvalue weighted by Gasteiger charge is -2.13. The highest BCUT2D eigenvalue weighted by Gasteiger charge is 2.18. The van der Waals surface area contributed by atoms with E-state index < -0.39 is 17.9 Å². The molecule has 0 saturated heterocycles. The average Bonchev–Trinajstić information content (AvgIpc) is 2.34. The van der Waals surface area contributed by atoms with Crippen molar-refractivity contribution in [2.75, 3.05) is 19.6 Å². The Balaban J connectivity index is 2.41. The third kappa shape index (κ3) is 4.84. The maximum absolute atomic E-state index is 11.1. The smallest absolute Gasteiger partial charge is 0.312 e. The first-order valence-corrected chi connectivity index (χ1v) is 5.63. The first kappa shape index (κ1) is 14.0. The number of nitrogens with two attached hydrogens (primary N) is 1. The van der Waals surface area contributed by atoms with Crippen LogP contribution in [0.4, 0.5) is 4.79 Å². The standard InChI is InChI=1S/C12H17N3O3/c13-12(18)15-7-6-14-8-10(11(16)17)9-4-2-1-3-5-9/h1-5,10,14H,6-8H2,(H,16,17)(H3,13,15,18). The van der Waals surface area contributed by atoms with Crippen molar-refractivity contribution in [1.82, 2.24) is 10.6 Å². The number of hydrogen-bond acceptors (Lipinski definition) is 3. The molecule has 1 unspecified atom stereocenters. The van der Waals surface area contributed by atoms with Gasteiger partial charge in [-0.3, -0.25) is 4.79 Å². The fraction of sp³-hybridized carbons (Fsp3) is 0.333. The van der Waals surface area contributed by atoms with Gasteiger partial charge < -0.3 is 21.5 Å². The van der Waals surface area contributed by atoms with E-state index in [1.54, 1.807) is 24.3 Å². The quantitative estimate of drug-likeness (QED) is 0.516. The predicted octanol–water partition coefficient (Wildman–Crippen LogP) is 0.113. The molecule has 0 spiro atoms. The number of rotatable bonds is 7. The Kier molecular flexibility index (Phi) is 5.66. The molecule has 0 aliphatic rings. The summed E-state index contributed by atoms with van der Waals surface area (Å²) < 4.78 is 0. The van der Waals surface area contributed by atoms with E-state index in [1.165, 1.54) is 0 Å². The summed E-state index contributed by atoms with van der Waals surface area (Å²) in [5, 5.41) is 14.5. The highest BCUT2D eigenvalue weighted by atomic mass is 16.4. The second kappa shape index (κ2) is 7.29. The lowest BCUT2D eigenvalue weighted by Crippen LogP contribution is -2.37. The summed E-state index contributed by atoms with van der Waals surface area (Å²) >= 11 is 0. The first-order chi connectivity index (χ1) is 8.61. The van der Waals surface area contributed by atoms with Gasteiger partial charge in [-0.1, -0.05) is 30.3 Å². The van der Waals surface area contributed by atoms with Crippen LogP contribution in [0.5, 0.6) is 0 Å². The van der Waals surface area contributed by atoms with Crippen LogP contribution in [0.25, 0.3) is 0 Å². The monoisotopic (exact) mass is 251 g/mol. The van der Waals surface area contributed by atoms with Gasteiger partial charge in [0.1, 0.15) is 0 Å². The third-order valence-corrected chi connectivity index (χ3v) is 2.45. The van der Waals surface area contributed by atoms with Crippen LogP contribution >= 0.6 is 0 Å². The largest absolute Gasteiger partial charge is 0.481 e. The van der Waals surface area contributed by atoms with Gasteiger partial charge >= 0.3 is 12.0 Å². The molecular weight excluding hydrogens is 234 g/mol. The summed E-state index contributed by atoms with van der Waals surface area (Å²) in [5.74, 6) is -1.48. The number of benzene rings is 1.